The normalized spacial score (nSPS) is 11.0. The molecule has 1 amide bonds. The van der Waals surface area contributed by atoms with Gasteiger partial charge in [-0.3, -0.25) is 14.0 Å². The molecule has 0 radical (unpaired) electrons. The van der Waals surface area contributed by atoms with Crippen molar-refractivity contribution in [2.75, 3.05) is 6.54 Å². The Kier molecular flexibility index (Phi) is 3.74. The molecule has 0 unspecified atom stereocenters. The van der Waals surface area contributed by atoms with Crippen LogP contribution >= 0.6 is 0 Å². The second kappa shape index (κ2) is 5.32. The van der Waals surface area contributed by atoms with Gasteiger partial charge in [0.05, 0.1) is 0 Å². The summed E-state index contributed by atoms with van der Waals surface area (Å²) in [7, 11) is 0. The number of rotatable bonds is 3. The standard InChI is InChI=1S/C14H17N3O3/c1-8(2)7-15-12(18)10-13(19)16-11-9(3)5-4-6-17(11)14(10)20/h4-6,8,19H,7H2,1-3H3,(H,15,18). The van der Waals surface area contributed by atoms with E-state index in [4.69, 9.17) is 0 Å². The summed E-state index contributed by atoms with van der Waals surface area (Å²) >= 11 is 0. The van der Waals surface area contributed by atoms with Crippen molar-refractivity contribution >= 4 is 11.6 Å². The van der Waals surface area contributed by atoms with Gasteiger partial charge in [0.25, 0.3) is 11.5 Å². The Morgan fingerprint density at radius 3 is 2.85 bits per heavy atom. The number of nitrogens with zero attached hydrogens (tertiary/aromatic N) is 2. The maximum atomic E-state index is 12.3. The first kappa shape index (κ1) is 14.0. The van der Waals surface area contributed by atoms with E-state index in [1.54, 1.807) is 19.1 Å². The quantitative estimate of drug-likeness (QED) is 0.878. The highest BCUT2D eigenvalue weighted by molar-refractivity contribution is 5.96. The Morgan fingerprint density at radius 1 is 1.50 bits per heavy atom. The van der Waals surface area contributed by atoms with Crippen molar-refractivity contribution < 1.29 is 9.90 Å². The van der Waals surface area contributed by atoms with Crippen LogP contribution in [0.2, 0.25) is 0 Å². The van der Waals surface area contributed by atoms with Gasteiger partial charge >= 0.3 is 0 Å². The average Bonchev–Trinajstić information content (AvgIpc) is 2.38. The highest BCUT2D eigenvalue weighted by Crippen LogP contribution is 2.13. The summed E-state index contributed by atoms with van der Waals surface area (Å²) in [6, 6.07) is 3.47. The third-order valence-corrected chi connectivity index (χ3v) is 2.93. The molecular weight excluding hydrogens is 258 g/mol. The van der Waals surface area contributed by atoms with E-state index in [0.717, 1.165) is 5.56 Å². The molecular formula is C14H17N3O3. The zero-order valence-corrected chi connectivity index (χ0v) is 11.7. The van der Waals surface area contributed by atoms with Gasteiger partial charge in [0.2, 0.25) is 5.88 Å². The summed E-state index contributed by atoms with van der Waals surface area (Å²) in [4.78, 5) is 28.2. The zero-order chi connectivity index (χ0) is 14.9. The molecule has 6 heteroatoms. The van der Waals surface area contributed by atoms with E-state index in [-0.39, 0.29) is 11.5 Å². The number of aromatic nitrogens is 2. The third kappa shape index (κ3) is 2.49. The summed E-state index contributed by atoms with van der Waals surface area (Å²) in [6.45, 7) is 6.08. The van der Waals surface area contributed by atoms with Gasteiger partial charge in [0, 0.05) is 12.7 Å². The Morgan fingerprint density at radius 2 is 2.20 bits per heavy atom. The van der Waals surface area contributed by atoms with Crippen molar-refractivity contribution in [1.29, 1.82) is 0 Å². The summed E-state index contributed by atoms with van der Waals surface area (Å²) in [5.74, 6) is -0.894. The number of pyridine rings is 1. The maximum Gasteiger partial charge on any atom is 0.274 e. The summed E-state index contributed by atoms with van der Waals surface area (Å²) in [5.41, 5.74) is 0.190. The lowest BCUT2D eigenvalue weighted by Gasteiger charge is -2.10. The molecule has 20 heavy (non-hydrogen) atoms. The predicted molar refractivity (Wildman–Crippen MR) is 75.0 cm³/mol. The highest BCUT2D eigenvalue weighted by atomic mass is 16.3. The van der Waals surface area contributed by atoms with Gasteiger partial charge in [0.1, 0.15) is 5.65 Å². The smallest absolute Gasteiger partial charge is 0.274 e. The number of aryl methyl sites for hydroxylation is 1. The van der Waals surface area contributed by atoms with Gasteiger partial charge in [-0.2, -0.15) is 4.98 Å². The Labute approximate surface area is 116 Å². The van der Waals surface area contributed by atoms with E-state index < -0.39 is 17.3 Å². The van der Waals surface area contributed by atoms with Crippen molar-refractivity contribution in [1.82, 2.24) is 14.7 Å². The maximum absolute atomic E-state index is 12.3. The molecule has 0 aliphatic rings. The number of aromatic hydroxyl groups is 1. The first-order valence-corrected chi connectivity index (χ1v) is 6.41. The van der Waals surface area contributed by atoms with Crippen LogP contribution < -0.4 is 10.9 Å². The molecule has 0 atom stereocenters. The topological polar surface area (TPSA) is 83.7 Å². The van der Waals surface area contributed by atoms with E-state index in [2.05, 4.69) is 10.3 Å². The summed E-state index contributed by atoms with van der Waals surface area (Å²) in [6.07, 6.45) is 1.52. The van der Waals surface area contributed by atoms with E-state index in [1.165, 1.54) is 10.6 Å². The lowest BCUT2D eigenvalue weighted by Crippen LogP contribution is -2.33. The van der Waals surface area contributed by atoms with Crippen LogP contribution in [0.4, 0.5) is 0 Å². The van der Waals surface area contributed by atoms with E-state index >= 15 is 0 Å². The van der Waals surface area contributed by atoms with Gasteiger partial charge in [-0.25, -0.2) is 0 Å². The Hall–Kier alpha value is -2.37. The van der Waals surface area contributed by atoms with Crippen LogP contribution in [0.1, 0.15) is 29.8 Å². The number of carbonyl (C=O) groups is 1. The fraction of sp³-hybridized carbons (Fsp3) is 0.357. The van der Waals surface area contributed by atoms with Crippen LogP contribution in [0.3, 0.4) is 0 Å². The number of hydrogen-bond donors (Lipinski definition) is 2. The molecule has 0 bridgehead atoms. The first-order valence-electron chi connectivity index (χ1n) is 6.41. The third-order valence-electron chi connectivity index (χ3n) is 2.93. The number of amides is 1. The van der Waals surface area contributed by atoms with Crippen molar-refractivity contribution in [2.45, 2.75) is 20.8 Å². The first-order chi connectivity index (χ1) is 9.41. The molecule has 2 aromatic heterocycles. The number of hydrogen-bond acceptors (Lipinski definition) is 4. The highest BCUT2D eigenvalue weighted by Gasteiger charge is 2.20. The summed E-state index contributed by atoms with van der Waals surface area (Å²) in [5, 5.41) is 12.5. The molecule has 6 nitrogen and oxygen atoms in total. The second-order valence-electron chi connectivity index (χ2n) is 5.10. The number of carbonyl (C=O) groups excluding carboxylic acids is 1. The van der Waals surface area contributed by atoms with Crippen molar-refractivity contribution in [3.05, 3.63) is 39.8 Å². The van der Waals surface area contributed by atoms with E-state index in [1.807, 2.05) is 13.8 Å². The Bertz CT molecular complexity index is 719. The number of fused-ring (bicyclic) bond motifs is 1. The van der Waals surface area contributed by atoms with Crippen LogP contribution in [0, 0.1) is 12.8 Å². The van der Waals surface area contributed by atoms with Crippen LogP contribution in [0.5, 0.6) is 5.88 Å². The molecule has 0 fully saturated rings. The largest absolute Gasteiger partial charge is 0.493 e. The van der Waals surface area contributed by atoms with Crippen LogP contribution in [-0.2, 0) is 0 Å². The van der Waals surface area contributed by atoms with E-state index in [9.17, 15) is 14.7 Å². The average molecular weight is 275 g/mol. The minimum atomic E-state index is -0.607. The van der Waals surface area contributed by atoms with Crippen molar-refractivity contribution in [3.8, 4) is 5.88 Å². The molecule has 0 saturated heterocycles. The molecule has 106 valence electrons. The van der Waals surface area contributed by atoms with Gasteiger partial charge in [0.15, 0.2) is 5.56 Å². The van der Waals surface area contributed by atoms with Crippen molar-refractivity contribution in [3.63, 3.8) is 0 Å². The monoisotopic (exact) mass is 275 g/mol. The molecule has 2 heterocycles. The van der Waals surface area contributed by atoms with Gasteiger partial charge in [-0.15, -0.1) is 0 Å². The lowest BCUT2D eigenvalue weighted by molar-refractivity contribution is 0.0944. The molecule has 0 aliphatic heterocycles. The van der Waals surface area contributed by atoms with Crippen molar-refractivity contribution in [2.24, 2.45) is 5.92 Å². The van der Waals surface area contributed by atoms with Gasteiger partial charge in [-0.1, -0.05) is 19.9 Å². The molecule has 0 saturated carbocycles. The molecule has 0 aromatic carbocycles. The molecule has 2 aromatic rings. The lowest BCUT2D eigenvalue weighted by atomic mass is 10.2. The fourth-order valence-corrected chi connectivity index (χ4v) is 1.87. The van der Waals surface area contributed by atoms with Gasteiger partial charge in [-0.05, 0) is 24.5 Å². The molecule has 2 N–H and O–H groups in total. The van der Waals surface area contributed by atoms with E-state index in [0.29, 0.717) is 12.2 Å². The van der Waals surface area contributed by atoms with Gasteiger partial charge < -0.3 is 10.4 Å². The van der Waals surface area contributed by atoms with Crippen LogP contribution in [0.25, 0.3) is 5.65 Å². The zero-order valence-electron chi connectivity index (χ0n) is 11.7. The number of nitrogens with one attached hydrogen (secondary N) is 1. The minimum Gasteiger partial charge on any atom is -0.493 e. The fourth-order valence-electron chi connectivity index (χ4n) is 1.87. The SMILES string of the molecule is Cc1cccn2c(=O)c(C(=O)NCC(C)C)c(O)nc12. The van der Waals surface area contributed by atoms with Crippen LogP contribution in [-0.4, -0.2) is 26.9 Å². The molecule has 0 spiro atoms. The minimum absolute atomic E-state index is 0.250. The molecule has 0 aliphatic carbocycles. The summed E-state index contributed by atoms with van der Waals surface area (Å²) < 4.78 is 1.26. The predicted octanol–water partition coefficient (Wildman–Crippen LogP) is 1.09. The molecule has 2 rings (SSSR count). The Balaban J connectivity index is 2.55. The van der Waals surface area contributed by atoms with Crippen LogP contribution in [0.15, 0.2) is 23.1 Å². The second-order valence-corrected chi connectivity index (χ2v) is 5.10.